The van der Waals surface area contributed by atoms with Crippen LogP contribution in [0.25, 0.3) is 0 Å². The number of nitrogens with zero attached hydrogens (tertiary/aromatic N) is 1. The van der Waals surface area contributed by atoms with Gasteiger partial charge in [-0.1, -0.05) is 36.2 Å². The van der Waals surface area contributed by atoms with Crippen LogP contribution in [0, 0.1) is 6.92 Å². The maximum atomic E-state index is 13.0. The summed E-state index contributed by atoms with van der Waals surface area (Å²) in [5.41, 5.74) is 1.43. The first kappa shape index (κ1) is 21.6. The van der Waals surface area contributed by atoms with Gasteiger partial charge in [0.2, 0.25) is 10.0 Å². The second kappa shape index (κ2) is 9.61. The third-order valence-corrected chi connectivity index (χ3v) is 7.30. The standard InChI is InChI=1S/C21H25ClN2O4S/c1-16-13-18(9-10-19(16)22)28-15-21(25)23-14-17-7-3-4-8-20(17)29(26,27)24-11-5-2-6-12-24/h3-4,7-10,13H,2,5-6,11-12,14-15H2,1H3,(H,23,25). The molecule has 0 aliphatic carbocycles. The number of carbonyl (C=O) groups is 1. The number of hydrogen-bond acceptors (Lipinski definition) is 4. The number of amides is 1. The van der Waals surface area contributed by atoms with E-state index in [1.165, 1.54) is 4.31 Å². The maximum Gasteiger partial charge on any atom is 0.258 e. The molecule has 1 N–H and O–H groups in total. The smallest absolute Gasteiger partial charge is 0.258 e. The van der Waals surface area contributed by atoms with Crippen LogP contribution in [0.5, 0.6) is 5.75 Å². The van der Waals surface area contributed by atoms with Crippen molar-refractivity contribution in [2.75, 3.05) is 19.7 Å². The second-order valence-electron chi connectivity index (χ2n) is 7.05. The SMILES string of the molecule is Cc1cc(OCC(=O)NCc2ccccc2S(=O)(=O)N2CCCCC2)ccc1Cl. The van der Waals surface area contributed by atoms with E-state index in [0.29, 0.717) is 29.4 Å². The molecule has 1 aliphatic rings. The molecular formula is C21H25ClN2O4S. The highest BCUT2D eigenvalue weighted by Gasteiger charge is 2.27. The number of benzene rings is 2. The van der Waals surface area contributed by atoms with Gasteiger partial charge in [0.1, 0.15) is 5.75 Å². The quantitative estimate of drug-likeness (QED) is 0.720. The van der Waals surface area contributed by atoms with Crippen LogP contribution in [0.15, 0.2) is 47.4 Å². The summed E-state index contributed by atoms with van der Waals surface area (Å²) in [4.78, 5) is 12.4. The van der Waals surface area contributed by atoms with Crippen LogP contribution < -0.4 is 10.1 Å². The molecule has 0 spiro atoms. The van der Waals surface area contributed by atoms with E-state index in [9.17, 15) is 13.2 Å². The lowest BCUT2D eigenvalue weighted by atomic mass is 10.2. The predicted molar refractivity (Wildman–Crippen MR) is 113 cm³/mol. The molecule has 8 heteroatoms. The van der Waals surface area contributed by atoms with Crippen LogP contribution in [0.1, 0.15) is 30.4 Å². The molecule has 29 heavy (non-hydrogen) atoms. The minimum atomic E-state index is -3.57. The van der Waals surface area contributed by atoms with Gasteiger partial charge in [-0.2, -0.15) is 4.31 Å². The number of halogens is 1. The van der Waals surface area contributed by atoms with E-state index in [1.807, 2.05) is 6.92 Å². The number of sulfonamides is 1. The van der Waals surface area contributed by atoms with Crippen molar-refractivity contribution < 1.29 is 17.9 Å². The van der Waals surface area contributed by atoms with Crippen molar-refractivity contribution >= 4 is 27.5 Å². The largest absolute Gasteiger partial charge is 0.484 e. The highest BCUT2D eigenvalue weighted by Crippen LogP contribution is 2.24. The van der Waals surface area contributed by atoms with Gasteiger partial charge in [0.25, 0.3) is 5.91 Å². The Morgan fingerprint density at radius 2 is 1.86 bits per heavy atom. The van der Waals surface area contributed by atoms with Gasteiger partial charge in [0.15, 0.2) is 6.61 Å². The Morgan fingerprint density at radius 1 is 1.14 bits per heavy atom. The number of hydrogen-bond donors (Lipinski definition) is 1. The number of ether oxygens (including phenoxy) is 1. The number of nitrogens with one attached hydrogen (secondary N) is 1. The van der Waals surface area contributed by atoms with Gasteiger partial charge < -0.3 is 10.1 Å². The van der Waals surface area contributed by atoms with Crippen molar-refractivity contribution in [3.05, 3.63) is 58.6 Å². The Balaban J connectivity index is 1.62. The molecule has 3 rings (SSSR count). The first-order valence-corrected chi connectivity index (χ1v) is 11.4. The van der Waals surface area contributed by atoms with Crippen LogP contribution in [-0.2, 0) is 21.4 Å². The minimum absolute atomic E-state index is 0.116. The topological polar surface area (TPSA) is 75.7 Å². The molecule has 1 amide bonds. The molecule has 0 radical (unpaired) electrons. The van der Waals surface area contributed by atoms with Crippen LogP contribution in [-0.4, -0.2) is 38.3 Å². The minimum Gasteiger partial charge on any atom is -0.484 e. The predicted octanol–water partition coefficient (Wildman–Crippen LogP) is 3.52. The van der Waals surface area contributed by atoms with Gasteiger partial charge in [-0.05, 0) is 55.2 Å². The molecule has 0 saturated carbocycles. The zero-order chi connectivity index (χ0) is 20.9. The highest BCUT2D eigenvalue weighted by atomic mass is 35.5. The Hall–Kier alpha value is -2.09. The first-order chi connectivity index (χ1) is 13.9. The summed E-state index contributed by atoms with van der Waals surface area (Å²) in [6, 6.07) is 12.0. The van der Waals surface area contributed by atoms with Crippen LogP contribution in [0.2, 0.25) is 5.02 Å². The normalized spacial score (nSPS) is 15.1. The summed E-state index contributed by atoms with van der Waals surface area (Å²) in [7, 11) is -3.57. The van der Waals surface area contributed by atoms with Crippen molar-refractivity contribution in [3.63, 3.8) is 0 Å². The number of rotatable bonds is 7. The van der Waals surface area contributed by atoms with Gasteiger partial charge in [0.05, 0.1) is 4.90 Å². The van der Waals surface area contributed by atoms with Gasteiger partial charge in [0, 0.05) is 24.7 Å². The fourth-order valence-corrected chi connectivity index (χ4v) is 5.10. The highest BCUT2D eigenvalue weighted by molar-refractivity contribution is 7.89. The summed E-state index contributed by atoms with van der Waals surface area (Å²) in [6.07, 6.45) is 2.80. The Labute approximate surface area is 176 Å². The van der Waals surface area contributed by atoms with E-state index < -0.39 is 10.0 Å². The Morgan fingerprint density at radius 3 is 2.59 bits per heavy atom. The lowest BCUT2D eigenvalue weighted by Crippen LogP contribution is -2.36. The molecule has 6 nitrogen and oxygen atoms in total. The first-order valence-electron chi connectivity index (χ1n) is 9.61. The van der Waals surface area contributed by atoms with E-state index >= 15 is 0 Å². The molecule has 0 atom stereocenters. The summed E-state index contributed by atoms with van der Waals surface area (Å²) >= 11 is 5.98. The maximum absolute atomic E-state index is 13.0. The van der Waals surface area contributed by atoms with E-state index in [4.69, 9.17) is 16.3 Å². The van der Waals surface area contributed by atoms with Crippen molar-refractivity contribution in [1.29, 1.82) is 0 Å². The molecule has 0 aromatic heterocycles. The molecule has 1 fully saturated rings. The van der Waals surface area contributed by atoms with Gasteiger partial charge in [-0.15, -0.1) is 0 Å². The number of piperidine rings is 1. The summed E-state index contributed by atoms with van der Waals surface area (Å²) in [5.74, 6) is 0.220. The van der Waals surface area contributed by atoms with Gasteiger partial charge in [-0.3, -0.25) is 4.79 Å². The van der Waals surface area contributed by atoms with Crippen LogP contribution >= 0.6 is 11.6 Å². The molecule has 1 heterocycles. The molecule has 1 aliphatic heterocycles. The van der Waals surface area contributed by atoms with Crippen molar-refractivity contribution in [2.24, 2.45) is 0 Å². The van der Waals surface area contributed by atoms with Crippen molar-refractivity contribution in [1.82, 2.24) is 9.62 Å². The summed E-state index contributed by atoms with van der Waals surface area (Å²) in [6.45, 7) is 2.89. The third-order valence-electron chi connectivity index (χ3n) is 4.88. The Kier molecular flexibility index (Phi) is 7.16. The average Bonchev–Trinajstić information content (AvgIpc) is 2.74. The van der Waals surface area contributed by atoms with E-state index in [0.717, 1.165) is 24.8 Å². The Bertz CT molecular complexity index is 972. The molecule has 2 aromatic carbocycles. The number of carbonyl (C=O) groups excluding carboxylic acids is 1. The zero-order valence-electron chi connectivity index (χ0n) is 16.4. The fraction of sp³-hybridized carbons (Fsp3) is 0.381. The average molecular weight is 437 g/mol. The second-order valence-corrected chi connectivity index (χ2v) is 9.36. The monoisotopic (exact) mass is 436 g/mol. The van der Waals surface area contributed by atoms with Gasteiger partial charge >= 0.3 is 0 Å². The van der Waals surface area contributed by atoms with E-state index in [-0.39, 0.29) is 24.0 Å². The molecule has 156 valence electrons. The lowest BCUT2D eigenvalue weighted by Gasteiger charge is -2.26. The van der Waals surface area contributed by atoms with Crippen LogP contribution in [0.4, 0.5) is 0 Å². The van der Waals surface area contributed by atoms with E-state index in [1.54, 1.807) is 42.5 Å². The van der Waals surface area contributed by atoms with Crippen LogP contribution in [0.3, 0.4) is 0 Å². The lowest BCUT2D eigenvalue weighted by molar-refractivity contribution is -0.123. The van der Waals surface area contributed by atoms with Gasteiger partial charge in [-0.25, -0.2) is 8.42 Å². The fourth-order valence-electron chi connectivity index (χ4n) is 3.25. The van der Waals surface area contributed by atoms with Crippen molar-refractivity contribution in [2.45, 2.75) is 37.6 Å². The molecule has 0 unspecified atom stereocenters. The number of aryl methyl sites for hydroxylation is 1. The van der Waals surface area contributed by atoms with Crippen molar-refractivity contribution in [3.8, 4) is 5.75 Å². The molecule has 2 aromatic rings. The van der Waals surface area contributed by atoms with E-state index in [2.05, 4.69) is 5.32 Å². The molecule has 0 bridgehead atoms. The summed E-state index contributed by atoms with van der Waals surface area (Å²) < 4.78 is 33.0. The molecular weight excluding hydrogens is 412 g/mol. The zero-order valence-corrected chi connectivity index (χ0v) is 17.9. The summed E-state index contributed by atoms with van der Waals surface area (Å²) in [5, 5.41) is 3.37. The molecule has 1 saturated heterocycles. The third kappa shape index (κ3) is 5.50.